The predicted octanol–water partition coefficient (Wildman–Crippen LogP) is 5.42. The van der Waals surface area contributed by atoms with E-state index in [1.165, 1.54) is 6.21 Å². The number of aryl methyl sites for hydroxylation is 1. The molecule has 2 aromatic heterocycles. The van der Waals surface area contributed by atoms with E-state index in [0.29, 0.717) is 27.0 Å². The van der Waals surface area contributed by atoms with Crippen molar-refractivity contribution in [2.75, 3.05) is 5.75 Å². The lowest BCUT2D eigenvalue weighted by molar-refractivity contribution is -0.147. The van der Waals surface area contributed by atoms with Gasteiger partial charge in [0.1, 0.15) is 23.9 Å². The first-order valence-corrected chi connectivity index (χ1v) is 9.82. The minimum Gasteiger partial charge on any atom is -0.484 e. The molecule has 0 bridgehead atoms. The third-order valence-corrected chi connectivity index (χ3v) is 4.74. The third-order valence-electron chi connectivity index (χ3n) is 3.64. The van der Waals surface area contributed by atoms with Crippen LogP contribution in [-0.2, 0) is 12.8 Å². The number of rotatable bonds is 7. The highest BCUT2D eigenvalue weighted by atomic mass is 35.5. The molecular formula is C18H16ClF3N4O2S. The van der Waals surface area contributed by atoms with Crippen LogP contribution in [0.1, 0.15) is 29.8 Å². The van der Waals surface area contributed by atoms with Crippen LogP contribution >= 0.6 is 23.4 Å². The molecule has 0 N–H and O–H groups in total. The summed E-state index contributed by atoms with van der Waals surface area (Å²) in [5.41, 5.74) is 0.874. The normalized spacial score (nSPS) is 12.1. The molecule has 2 heterocycles. The highest BCUT2D eigenvalue weighted by Gasteiger charge is 2.38. The molecule has 3 aromatic rings. The van der Waals surface area contributed by atoms with Crippen molar-refractivity contribution in [3.05, 3.63) is 58.3 Å². The number of furan rings is 1. The number of hydrogen-bond donors (Lipinski definition) is 0. The second-order valence-corrected chi connectivity index (χ2v) is 7.41. The van der Waals surface area contributed by atoms with E-state index in [4.69, 9.17) is 20.8 Å². The maximum atomic E-state index is 13.1. The molecule has 0 aliphatic heterocycles. The van der Waals surface area contributed by atoms with E-state index >= 15 is 0 Å². The molecule has 0 aliphatic rings. The number of hydrogen-bond acceptors (Lipinski definition) is 6. The molecule has 1 aromatic carbocycles. The molecule has 0 spiro atoms. The van der Waals surface area contributed by atoms with Gasteiger partial charge in [-0.3, -0.25) is 0 Å². The maximum Gasteiger partial charge on any atom is 0.453 e. The van der Waals surface area contributed by atoms with Gasteiger partial charge in [0.05, 0.1) is 11.2 Å². The Morgan fingerprint density at radius 1 is 1.28 bits per heavy atom. The summed E-state index contributed by atoms with van der Waals surface area (Å²) in [6.07, 6.45) is -3.51. The van der Waals surface area contributed by atoms with Crippen molar-refractivity contribution in [1.82, 2.24) is 14.9 Å². The number of halogens is 4. The van der Waals surface area contributed by atoms with Crippen LogP contribution in [0.5, 0.6) is 5.75 Å². The molecule has 0 fully saturated rings. The molecule has 0 amide bonds. The van der Waals surface area contributed by atoms with Gasteiger partial charge in [-0.05, 0) is 36.4 Å². The quantitative estimate of drug-likeness (QED) is 0.359. The zero-order chi connectivity index (χ0) is 21.0. The lowest BCUT2D eigenvalue weighted by Crippen LogP contribution is -2.13. The summed E-state index contributed by atoms with van der Waals surface area (Å²) in [6, 6.07) is 8.62. The van der Waals surface area contributed by atoms with Crippen molar-refractivity contribution in [3.63, 3.8) is 0 Å². The molecule has 29 heavy (non-hydrogen) atoms. The lowest BCUT2D eigenvalue weighted by Gasteiger charge is -2.09. The fourth-order valence-corrected chi connectivity index (χ4v) is 3.25. The van der Waals surface area contributed by atoms with Crippen molar-refractivity contribution in [2.45, 2.75) is 31.8 Å². The van der Waals surface area contributed by atoms with Crippen LogP contribution in [0, 0.1) is 6.92 Å². The molecule has 0 saturated carbocycles. The number of thioether (sulfide) groups is 1. The van der Waals surface area contributed by atoms with Gasteiger partial charge >= 0.3 is 6.18 Å². The Bertz CT molecular complexity index is 997. The van der Waals surface area contributed by atoms with Gasteiger partial charge in [0, 0.05) is 0 Å². The smallest absolute Gasteiger partial charge is 0.453 e. The Hall–Kier alpha value is -2.46. The van der Waals surface area contributed by atoms with Gasteiger partial charge in [-0.15, -0.1) is 10.2 Å². The first-order valence-electron chi connectivity index (χ1n) is 8.46. The monoisotopic (exact) mass is 444 g/mol. The van der Waals surface area contributed by atoms with E-state index in [2.05, 4.69) is 15.3 Å². The van der Waals surface area contributed by atoms with Gasteiger partial charge in [0.15, 0.2) is 0 Å². The van der Waals surface area contributed by atoms with Gasteiger partial charge in [-0.25, -0.2) is 0 Å². The second-order valence-electron chi connectivity index (χ2n) is 5.77. The zero-order valence-electron chi connectivity index (χ0n) is 15.4. The summed E-state index contributed by atoms with van der Waals surface area (Å²) >= 11 is 7.21. The number of aromatic nitrogens is 3. The molecule has 0 unspecified atom stereocenters. The minimum atomic E-state index is -4.67. The van der Waals surface area contributed by atoms with E-state index < -0.39 is 12.0 Å². The summed E-state index contributed by atoms with van der Waals surface area (Å²) in [5, 5.41) is 11.1. The van der Waals surface area contributed by atoms with Gasteiger partial charge < -0.3 is 9.15 Å². The summed E-state index contributed by atoms with van der Waals surface area (Å²) < 4.78 is 51.2. The standard InChI is InChI=1S/C18H16ClF3N4O2S/c1-3-29-17-25-24-16(18(20,21)22)26(17)23-9-12-7-8-13(28-12)10-27-15-11(2)5-4-6-14(15)19/h4-9H,3,10H2,1-2H3. The number of ether oxygens (including phenoxy) is 1. The first kappa shape index (κ1) is 21.3. The van der Waals surface area contributed by atoms with Crippen LogP contribution in [0.2, 0.25) is 5.02 Å². The summed E-state index contributed by atoms with van der Waals surface area (Å²) in [6.45, 7) is 3.76. The SMILES string of the molecule is CCSc1nnc(C(F)(F)F)n1N=Cc1ccc(COc2c(C)cccc2Cl)o1. The molecule has 0 radical (unpaired) electrons. The molecule has 11 heteroatoms. The van der Waals surface area contributed by atoms with E-state index in [0.717, 1.165) is 17.3 Å². The summed E-state index contributed by atoms with van der Waals surface area (Å²) in [7, 11) is 0. The molecular weight excluding hydrogens is 429 g/mol. The summed E-state index contributed by atoms with van der Waals surface area (Å²) in [5.74, 6) is 0.590. The van der Waals surface area contributed by atoms with E-state index in [-0.39, 0.29) is 17.5 Å². The topological polar surface area (TPSA) is 65.4 Å². The second kappa shape index (κ2) is 8.91. The van der Waals surface area contributed by atoms with Crippen molar-refractivity contribution < 1.29 is 22.3 Å². The molecule has 6 nitrogen and oxygen atoms in total. The number of alkyl halides is 3. The van der Waals surface area contributed by atoms with Crippen LogP contribution < -0.4 is 4.74 Å². The molecule has 0 saturated heterocycles. The third kappa shape index (κ3) is 5.13. The highest BCUT2D eigenvalue weighted by Crippen LogP contribution is 2.31. The molecule has 0 atom stereocenters. The van der Waals surface area contributed by atoms with Crippen LogP contribution in [0.15, 0.2) is 45.0 Å². The van der Waals surface area contributed by atoms with Crippen LogP contribution in [0.3, 0.4) is 0 Å². The zero-order valence-corrected chi connectivity index (χ0v) is 17.0. The van der Waals surface area contributed by atoms with E-state index in [9.17, 15) is 13.2 Å². The Kier molecular flexibility index (Phi) is 6.53. The van der Waals surface area contributed by atoms with Crippen molar-refractivity contribution in [1.29, 1.82) is 0 Å². The van der Waals surface area contributed by atoms with Crippen molar-refractivity contribution >= 4 is 29.6 Å². The first-order chi connectivity index (χ1) is 13.8. The molecule has 3 rings (SSSR count). The average molecular weight is 445 g/mol. The highest BCUT2D eigenvalue weighted by molar-refractivity contribution is 7.99. The Morgan fingerprint density at radius 2 is 2.07 bits per heavy atom. The number of para-hydroxylation sites is 1. The van der Waals surface area contributed by atoms with Gasteiger partial charge in [0.25, 0.3) is 5.82 Å². The number of nitrogens with zero attached hydrogens (tertiary/aromatic N) is 4. The van der Waals surface area contributed by atoms with Gasteiger partial charge in [-0.2, -0.15) is 22.9 Å². The lowest BCUT2D eigenvalue weighted by atomic mass is 10.2. The molecule has 154 valence electrons. The molecule has 0 aliphatic carbocycles. The van der Waals surface area contributed by atoms with E-state index in [1.54, 1.807) is 25.1 Å². The number of benzene rings is 1. The van der Waals surface area contributed by atoms with Gasteiger partial charge in [-0.1, -0.05) is 42.4 Å². The predicted molar refractivity (Wildman–Crippen MR) is 104 cm³/mol. The fourth-order valence-electron chi connectivity index (χ4n) is 2.36. The Labute approximate surface area is 173 Å². The average Bonchev–Trinajstić information content (AvgIpc) is 3.26. The Morgan fingerprint density at radius 3 is 2.76 bits per heavy atom. The van der Waals surface area contributed by atoms with Crippen LogP contribution in [0.4, 0.5) is 13.2 Å². The Balaban J connectivity index is 1.75. The minimum absolute atomic E-state index is 0.0420. The van der Waals surface area contributed by atoms with Gasteiger partial charge in [0.2, 0.25) is 5.16 Å². The van der Waals surface area contributed by atoms with Crippen LogP contribution in [-0.4, -0.2) is 26.8 Å². The summed E-state index contributed by atoms with van der Waals surface area (Å²) in [4.78, 5) is 0. The van der Waals surface area contributed by atoms with Crippen LogP contribution in [0.25, 0.3) is 0 Å². The van der Waals surface area contributed by atoms with E-state index in [1.807, 2.05) is 19.1 Å². The largest absolute Gasteiger partial charge is 0.484 e. The fraction of sp³-hybridized carbons (Fsp3) is 0.278. The maximum absolute atomic E-state index is 13.1. The van der Waals surface area contributed by atoms with Crippen molar-refractivity contribution in [2.24, 2.45) is 5.10 Å². The van der Waals surface area contributed by atoms with Crippen molar-refractivity contribution in [3.8, 4) is 5.75 Å².